The van der Waals surface area contributed by atoms with E-state index < -0.39 is 0 Å². The van der Waals surface area contributed by atoms with Crippen LogP contribution in [0.25, 0.3) is 0 Å². The number of methoxy groups -OCH3 is 1. The number of hydrogen-bond donors (Lipinski definition) is 1. The molecular weight excluding hydrogens is 364 g/mol. The lowest BCUT2D eigenvalue weighted by atomic mass is 9.98. The number of nitrogens with one attached hydrogen (secondary N) is 1. The van der Waals surface area contributed by atoms with Crippen molar-refractivity contribution in [1.82, 2.24) is 10.2 Å². The number of ether oxygens (including phenoxy) is 2. The largest absolute Gasteiger partial charge is 0.493 e. The summed E-state index contributed by atoms with van der Waals surface area (Å²) in [7, 11) is 1.57. The number of rotatable bonds is 9. The first-order chi connectivity index (χ1) is 14.2. The van der Waals surface area contributed by atoms with Gasteiger partial charge in [-0.1, -0.05) is 43.8 Å². The number of amides is 1. The van der Waals surface area contributed by atoms with E-state index in [-0.39, 0.29) is 5.91 Å². The van der Waals surface area contributed by atoms with Crippen LogP contribution in [0.2, 0.25) is 0 Å². The van der Waals surface area contributed by atoms with Crippen molar-refractivity contribution in [3.05, 3.63) is 71.8 Å². The van der Waals surface area contributed by atoms with E-state index >= 15 is 0 Å². The molecule has 2 aromatic carbocycles. The van der Waals surface area contributed by atoms with Crippen molar-refractivity contribution in [1.29, 1.82) is 0 Å². The normalized spacial score (nSPS) is 14.6. The van der Waals surface area contributed by atoms with Gasteiger partial charge in [-0.2, -0.15) is 0 Å². The molecule has 1 unspecified atom stereocenters. The van der Waals surface area contributed by atoms with E-state index in [2.05, 4.69) is 48.0 Å². The van der Waals surface area contributed by atoms with Gasteiger partial charge in [-0.15, -0.1) is 0 Å². The van der Waals surface area contributed by atoms with E-state index in [9.17, 15) is 4.79 Å². The van der Waals surface area contributed by atoms with Crippen LogP contribution in [0.3, 0.4) is 0 Å². The molecule has 0 spiro atoms. The molecule has 0 aliphatic carbocycles. The first-order valence-corrected chi connectivity index (χ1v) is 10.2. The molecule has 1 N–H and O–H groups in total. The van der Waals surface area contributed by atoms with Crippen molar-refractivity contribution in [3.8, 4) is 11.5 Å². The molecule has 0 fully saturated rings. The second-order valence-corrected chi connectivity index (χ2v) is 7.23. The van der Waals surface area contributed by atoms with Gasteiger partial charge < -0.3 is 14.8 Å². The van der Waals surface area contributed by atoms with Gasteiger partial charge in [-0.05, 0) is 42.2 Å². The summed E-state index contributed by atoms with van der Waals surface area (Å²) in [6, 6.07) is 14.2. The second-order valence-electron chi connectivity index (χ2n) is 7.23. The van der Waals surface area contributed by atoms with Crippen LogP contribution >= 0.6 is 0 Å². The van der Waals surface area contributed by atoms with Crippen molar-refractivity contribution >= 4 is 5.91 Å². The van der Waals surface area contributed by atoms with Gasteiger partial charge in [-0.3, -0.25) is 9.69 Å². The summed E-state index contributed by atoms with van der Waals surface area (Å²) in [5.74, 6) is 1.04. The zero-order valence-electron chi connectivity index (χ0n) is 17.3. The highest BCUT2D eigenvalue weighted by atomic mass is 16.5. The first kappa shape index (κ1) is 20.9. The molecule has 0 saturated carbocycles. The third-order valence-corrected chi connectivity index (χ3v) is 5.43. The average molecular weight is 395 g/mol. The minimum absolute atomic E-state index is 0.102. The van der Waals surface area contributed by atoms with Crippen LogP contribution in [0.15, 0.2) is 55.1 Å². The second kappa shape index (κ2) is 10.1. The summed E-state index contributed by atoms with van der Waals surface area (Å²) >= 11 is 0. The Hall–Kier alpha value is -2.79. The molecule has 0 radical (unpaired) electrons. The van der Waals surface area contributed by atoms with Crippen molar-refractivity contribution in [3.63, 3.8) is 0 Å². The fourth-order valence-corrected chi connectivity index (χ4v) is 3.75. The van der Waals surface area contributed by atoms with Gasteiger partial charge in [0.2, 0.25) is 0 Å². The zero-order valence-corrected chi connectivity index (χ0v) is 17.3. The highest BCUT2D eigenvalue weighted by Gasteiger charge is 2.23. The molecule has 1 aliphatic heterocycles. The van der Waals surface area contributed by atoms with Crippen LogP contribution in [0.5, 0.6) is 11.5 Å². The van der Waals surface area contributed by atoms with E-state index in [0.717, 1.165) is 25.9 Å². The van der Waals surface area contributed by atoms with Crippen LogP contribution < -0.4 is 14.8 Å². The number of carbonyl (C=O) groups excluding carboxylic acids is 1. The summed E-state index contributed by atoms with van der Waals surface area (Å²) in [5.41, 5.74) is 3.39. The molecule has 1 amide bonds. The van der Waals surface area contributed by atoms with E-state index in [0.29, 0.717) is 36.3 Å². The molecule has 1 heterocycles. The lowest BCUT2D eigenvalue weighted by Gasteiger charge is -2.35. The Bertz CT molecular complexity index is 850. The summed E-state index contributed by atoms with van der Waals surface area (Å²) < 4.78 is 10.9. The third-order valence-electron chi connectivity index (χ3n) is 5.43. The predicted molar refractivity (Wildman–Crippen MR) is 116 cm³/mol. The SMILES string of the molecule is C=CCOc1ccc(C(=O)NCC(CC)N2CCc3ccccc3C2)cc1OC. The van der Waals surface area contributed by atoms with Crippen molar-refractivity contribution in [2.45, 2.75) is 32.4 Å². The molecule has 0 bridgehead atoms. The Morgan fingerprint density at radius 2 is 2.03 bits per heavy atom. The lowest BCUT2D eigenvalue weighted by Crippen LogP contribution is -2.45. The topological polar surface area (TPSA) is 50.8 Å². The fraction of sp³-hybridized carbons (Fsp3) is 0.375. The molecule has 3 rings (SSSR count). The Labute approximate surface area is 173 Å². The number of nitrogens with zero attached hydrogens (tertiary/aromatic N) is 1. The highest BCUT2D eigenvalue weighted by Crippen LogP contribution is 2.28. The van der Waals surface area contributed by atoms with Gasteiger partial charge in [0, 0.05) is 31.2 Å². The summed E-state index contributed by atoms with van der Waals surface area (Å²) in [6.45, 7) is 8.78. The molecule has 1 aliphatic rings. The van der Waals surface area contributed by atoms with Crippen molar-refractivity contribution < 1.29 is 14.3 Å². The molecule has 1 atom stereocenters. The standard InChI is InChI=1S/C24H30N2O3/c1-4-14-29-22-11-10-19(15-23(22)28-3)24(27)25-16-21(5-2)26-13-12-18-8-6-7-9-20(18)17-26/h4,6-11,15,21H,1,5,12-14,16-17H2,2-3H3,(H,25,27). The average Bonchev–Trinajstić information content (AvgIpc) is 2.77. The maximum Gasteiger partial charge on any atom is 0.251 e. The third kappa shape index (κ3) is 5.18. The summed E-state index contributed by atoms with van der Waals surface area (Å²) in [5, 5.41) is 3.09. The molecule has 154 valence electrons. The van der Waals surface area contributed by atoms with E-state index in [1.165, 1.54) is 11.1 Å². The minimum Gasteiger partial charge on any atom is -0.493 e. The molecule has 5 heteroatoms. The predicted octanol–water partition coefficient (Wildman–Crippen LogP) is 3.83. The van der Waals surface area contributed by atoms with Crippen LogP contribution in [0.4, 0.5) is 0 Å². The molecule has 0 aromatic heterocycles. The Morgan fingerprint density at radius 1 is 1.24 bits per heavy atom. The van der Waals surface area contributed by atoms with Gasteiger partial charge in [0.05, 0.1) is 7.11 Å². The Morgan fingerprint density at radius 3 is 2.76 bits per heavy atom. The minimum atomic E-state index is -0.102. The van der Waals surface area contributed by atoms with Crippen LogP contribution in [-0.2, 0) is 13.0 Å². The summed E-state index contributed by atoms with van der Waals surface area (Å²) in [6.07, 6.45) is 3.72. The zero-order chi connectivity index (χ0) is 20.6. The van der Waals surface area contributed by atoms with Crippen molar-refractivity contribution in [2.24, 2.45) is 0 Å². The quantitative estimate of drug-likeness (QED) is 0.657. The Balaban J connectivity index is 1.61. The van der Waals surface area contributed by atoms with Crippen LogP contribution in [-0.4, -0.2) is 43.7 Å². The van der Waals surface area contributed by atoms with Crippen LogP contribution in [0, 0.1) is 0 Å². The highest BCUT2D eigenvalue weighted by molar-refractivity contribution is 5.94. The lowest BCUT2D eigenvalue weighted by molar-refractivity contribution is 0.0926. The van der Waals surface area contributed by atoms with Gasteiger partial charge in [0.15, 0.2) is 11.5 Å². The molecule has 5 nitrogen and oxygen atoms in total. The van der Waals surface area contributed by atoms with Gasteiger partial charge in [0.1, 0.15) is 6.61 Å². The van der Waals surface area contributed by atoms with Crippen molar-refractivity contribution in [2.75, 3.05) is 26.8 Å². The Kier molecular flexibility index (Phi) is 7.30. The smallest absolute Gasteiger partial charge is 0.251 e. The van der Waals surface area contributed by atoms with Crippen LogP contribution in [0.1, 0.15) is 34.8 Å². The van der Waals surface area contributed by atoms with E-state index in [1.807, 2.05) is 0 Å². The van der Waals surface area contributed by atoms with Gasteiger partial charge in [-0.25, -0.2) is 0 Å². The number of fused-ring (bicyclic) bond motifs is 1. The van der Waals surface area contributed by atoms with Gasteiger partial charge in [0.25, 0.3) is 5.91 Å². The fourth-order valence-electron chi connectivity index (χ4n) is 3.75. The van der Waals surface area contributed by atoms with Gasteiger partial charge >= 0.3 is 0 Å². The molecule has 0 saturated heterocycles. The molecular formula is C24H30N2O3. The maximum absolute atomic E-state index is 12.7. The van der Waals surface area contributed by atoms with E-state index in [4.69, 9.17) is 9.47 Å². The molecule has 2 aromatic rings. The van der Waals surface area contributed by atoms with E-state index in [1.54, 1.807) is 31.4 Å². The monoisotopic (exact) mass is 394 g/mol. The summed E-state index contributed by atoms with van der Waals surface area (Å²) in [4.78, 5) is 15.2. The first-order valence-electron chi connectivity index (χ1n) is 10.2. The number of benzene rings is 2. The number of carbonyl (C=O) groups is 1. The number of hydrogen-bond acceptors (Lipinski definition) is 4. The maximum atomic E-state index is 12.7. The molecule has 29 heavy (non-hydrogen) atoms.